The number of benzene rings is 1. The number of hydrogen-bond acceptors (Lipinski definition) is 2. The summed E-state index contributed by atoms with van der Waals surface area (Å²) in [5, 5.41) is 10.2. The van der Waals surface area contributed by atoms with Gasteiger partial charge in [0.25, 0.3) is 0 Å². The third-order valence-corrected chi connectivity index (χ3v) is 3.01. The topological polar surface area (TPSA) is 33.4 Å². The molecule has 1 aromatic heterocycles. The molecule has 2 rings (SSSR count). The van der Waals surface area contributed by atoms with Gasteiger partial charge in [0.15, 0.2) is 0 Å². The lowest BCUT2D eigenvalue weighted by Crippen LogP contribution is -1.99. The lowest BCUT2D eigenvalue weighted by Gasteiger charge is -2.10. The highest BCUT2D eigenvalue weighted by Crippen LogP contribution is 2.24. The van der Waals surface area contributed by atoms with Crippen molar-refractivity contribution >= 4 is 0 Å². The number of aliphatic hydroxyl groups excluding tert-OH is 1. The molecule has 0 radical (unpaired) electrons. The first-order valence-electron chi connectivity index (χ1n) is 6.38. The van der Waals surface area contributed by atoms with Gasteiger partial charge in [0.1, 0.15) is 11.9 Å². The van der Waals surface area contributed by atoms with E-state index < -0.39 is 6.10 Å². The Balaban J connectivity index is 2.14. The Morgan fingerprint density at radius 3 is 2.28 bits per heavy atom. The van der Waals surface area contributed by atoms with Crippen LogP contribution in [0.15, 0.2) is 41.0 Å². The molecule has 0 bridgehead atoms. The van der Waals surface area contributed by atoms with Crippen LogP contribution in [0.3, 0.4) is 0 Å². The number of rotatable bonds is 4. The van der Waals surface area contributed by atoms with E-state index >= 15 is 0 Å². The standard InChI is InChI=1S/C16H20O2/c1-11(2)8-13-4-6-14(7-5-13)16(17)15-9-12(3)18-10-15/h4-7,9-11,16-17H,8H2,1-3H3. The fourth-order valence-electron chi connectivity index (χ4n) is 2.11. The minimum absolute atomic E-state index is 0.601. The Morgan fingerprint density at radius 2 is 1.78 bits per heavy atom. The van der Waals surface area contributed by atoms with E-state index in [1.165, 1.54) is 5.56 Å². The molecule has 0 spiro atoms. The average molecular weight is 244 g/mol. The molecule has 18 heavy (non-hydrogen) atoms. The van der Waals surface area contributed by atoms with Crippen LogP contribution >= 0.6 is 0 Å². The van der Waals surface area contributed by atoms with Crippen LogP contribution in [0.5, 0.6) is 0 Å². The van der Waals surface area contributed by atoms with Crippen LogP contribution < -0.4 is 0 Å². The molecule has 0 aliphatic heterocycles. The molecule has 1 heterocycles. The zero-order valence-corrected chi connectivity index (χ0v) is 11.2. The van der Waals surface area contributed by atoms with Crippen LogP contribution in [0.2, 0.25) is 0 Å². The summed E-state index contributed by atoms with van der Waals surface area (Å²) in [4.78, 5) is 0. The van der Waals surface area contributed by atoms with Crippen molar-refractivity contribution in [1.82, 2.24) is 0 Å². The predicted octanol–water partition coefficient (Wildman–Crippen LogP) is 3.87. The normalized spacial score (nSPS) is 12.9. The molecule has 0 saturated carbocycles. The van der Waals surface area contributed by atoms with Gasteiger partial charge in [0, 0.05) is 5.56 Å². The molecule has 2 nitrogen and oxygen atoms in total. The van der Waals surface area contributed by atoms with E-state index in [0.717, 1.165) is 23.3 Å². The van der Waals surface area contributed by atoms with Gasteiger partial charge in [-0.2, -0.15) is 0 Å². The van der Waals surface area contributed by atoms with Crippen molar-refractivity contribution in [2.45, 2.75) is 33.3 Å². The molecule has 0 aliphatic carbocycles. The van der Waals surface area contributed by atoms with Crippen LogP contribution in [0.4, 0.5) is 0 Å². The van der Waals surface area contributed by atoms with E-state index in [0.29, 0.717) is 5.92 Å². The molecular weight excluding hydrogens is 224 g/mol. The van der Waals surface area contributed by atoms with E-state index in [1.54, 1.807) is 6.26 Å². The van der Waals surface area contributed by atoms with Crippen LogP contribution in [0.1, 0.15) is 42.4 Å². The van der Waals surface area contributed by atoms with Crippen molar-refractivity contribution in [3.63, 3.8) is 0 Å². The zero-order chi connectivity index (χ0) is 13.1. The van der Waals surface area contributed by atoms with Gasteiger partial charge < -0.3 is 9.52 Å². The van der Waals surface area contributed by atoms with Crippen molar-refractivity contribution in [1.29, 1.82) is 0 Å². The van der Waals surface area contributed by atoms with Crippen molar-refractivity contribution in [2.75, 3.05) is 0 Å². The van der Waals surface area contributed by atoms with E-state index in [2.05, 4.69) is 26.0 Å². The molecule has 1 unspecified atom stereocenters. The SMILES string of the molecule is Cc1cc(C(O)c2ccc(CC(C)C)cc2)co1. The molecule has 1 atom stereocenters. The fourth-order valence-corrected chi connectivity index (χ4v) is 2.11. The lowest BCUT2D eigenvalue weighted by atomic mass is 9.98. The Kier molecular flexibility index (Phi) is 3.87. The Morgan fingerprint density at radius 1 is 1.11 bits per heavy atom. The first-order valence-corrected chi connectivity index (χ1v) is 6.38. The fraction of sp³-hybridized carbons (Fsp3) is 0.375. The molecule has 0 saturated heterocycles. The number of aliphatic hydroxyl groups is 1. The second-order valence-electron chi connectivity index (χ2n) is 5.23. The van der Waals surface area contributed by atoms with Crippen LogP contribution in [-0.2, 0) is 6.42 Å². The van der Waals surface area contributed by atoms with Crippen LogP contribution in [0.25, 0.3) is 0 Å². The molecule has 0 fully saturated rings. The third-order valence-electron chi connectivity index (χ3n) is 3.01. The van der Waals surface area contributed by atoms with Gasteiger partial charge in [-0.3, -0.25) is 0 Å². The summed E-state index contributed by atoms with van der Waals surface area (Å²) >= 11 is 0. The Bertz CT molecular complexity index is 494. The summed E-state index contributed by atoms with van der Waals surface area (Å²) in [5.74, 6) is 1.47. The molecule has 1 aromatic carbocycles. The second-order valence-corrected chi connectivity index (χ2v) is 5.23. The smallest absolute Gasteiger partial charge is 0.107 e. The summed E-state index contributed by atoms with van der Waals surface area (Å²) in [6, 6.07) is 10.0. The van der Waals surface area contributed by atoms with Crippen LogP contribution in [0, 0.1) is 12.8 Å². The quantitative estimate of drug-likeness (QED) is 0.885. The Hall–Kier alpha value is -1.54. The predicted molar refractivity (Wildman–Crippen MR) is 72.5 cm³/mol. The van der Waals surface area contributed by atoms with Gasteiger partial charge in [-0.25, -0.2) is 0 Å². The van der Waals surface area contributed by atoms with E-state index in [4.69, 9.17) is 4.42 Å². The third kappa shape index (κ3) is 3.02. The summed E-state index contributed by atoms with van der Waals surface area (Å²) in [6.07, 6.45) is 2.08. The maximum atomic E-state index is 10.2. The summed E-state index contributed by atoms with van der Waals surface area (Å²) in [5.41, 5.74) is 3.02. The maximum absolute atomic E-state index is 10.2. The van der Waals surface area contributed by atoms with Gasteiger partial charge in [0.2, 0.25) is 0 Å². The van der Waals surface area contributed by atoms with E-state index in [1.807, 2.05) is 25.1 Å². The monoisotopic (exact) mass is 244 g/mol. The zero-order valence-electron chi connectivity index (χ0n) is 11.2. The highest BCUT2D eigenvalue weighted by atomic mass is 16.3. The van der Waals surface area contributed by atoms with Gasteiger partial charge in [-0.15, -0.1) is 0 Å². The number of aryl methyl sites for hydroxylation is 1. The number of hydrogen-bond donors (Lipinski definition) is 1. The van der Waals surface area contributed by atoms with E-state index in [-0.39, 0.29) is 0 Å². The second kappa shape index (κ2) is 5.40. The molecule has 2 heteroatoms. The van der Waals surface area contributed by atoms with Crippen molar-refractivity contribution < 1.29 is 9.52 Å². The molecule has 96 valence electrons. The first kappa shape index (κ1) is 12.9. The molecule has 1 N–H and O–H groups in total. The van der Waals surface area contributed by atoms with Crippen molar-refractivity contribution in [2.24, 2.45) is 5.92 Å². The van der Waals surface area contributed by atoms with Gasteiger partial charge in [-0.1, -0.05) is 38.1 Å². The molecule has 0 amide bonds. The minimum atomic E-state index is -0.601. The first-order chi connectivity index (χ1) is 8.56. The van der Waals surface area contributed by atoms with Gasteiger partial charge in [-0.05, 0) is 36.5 Å². The largest absolute Gasteiger partial charge is 0.469 e. The minimum Gasteiger partial charge on any atom is -0.469 e. The Labute approximate surface area is 108 Å². The summed E-state index contributed by atoms with van der Waals surface area (Å²) < 4.78 is 5.22. The van der Waals surface area contributed by atoms with E-state index in [9.17, 15) is 5.11 Å². The molecular formula is C16H20O2. The summed E-state index contributed by atoms with van der Waals surface area (Å²) in [6.45, 7) is 6.29. The molecule has 0 aliphatic rings. The average Bonchev–Trinajstić information content (AvgIpc) is 2.75. The van der Waals surface area contributed by atoms with Crippen molar-refractivity contribution in [3.8, 4) is 0 Å². The highest BCUT2D eigenvalue weighted by molar-refractivity contribution is 5.31. The van der Waals surface area contributed by atoms with Crippen LogP contribution in [-0.4, -0.2) is 5.11 Å². The van der Waals surface area contributed by atoms with Gasteiger partial charge in [0.05, 0.1) is 6.26 Å². The summed E-state index contributed by atoms with van der Waals surface area (Å²) in [7, 11) is 0. The van der Waals surface area contributed by atoms with Crippen molar-refractivity contribution in [3.05, 3.63) is 59.0 Å². The van der Waals surface area contributed by atoms with Gasteiger partial charge >= 0.3 is 0 Å². The number of furan rings is 1. The molecule has 2 aromatic rings. The highest BCUT2D eigenvalue weighted by Gasteiger charge is 2.12. The maximum Gasteiger partial charge on any atom is 0.107 e. The lowest BCUT2D eigenvalue weighted by molar-refractivity contribution is 0.219.